The molecular weight excluding hydrogens is 492 g/mol. The molecule has 2 atom stereocenters. The maximum atomic E-state index is 11.4. The van der Waals surface area contributed by atoms with Gasteiger partial charge in [0.15, 0.2) is 0 Å². The van der Waals surface area contributed by atoms with E-state index in [1.807, 2.05) is 12.1 Å². The van der Waals surface area contributed by atoms with E-state index in [0.29, 0.717) is 22.8 Å². The Kier molecular flexibility index (Phi) is 8.21. The van der Waals surface area contributed by atoms with Gasteiger partial charge in [-0.1, -0.05) is 36.2 Å². The van der Waals surface area contributed by atoms with Gasteiger partial charge in [-0.3, -0.25) is 19.9 Å². The van der Waals surface area contributed by atoms with Crippen molar-refractivity contribution in [2.75, 3.05) is 43.4 Å². The van der Waals surface area contributed by atoms with E-state index in [9.17, 15) is 10.1 Å². The van der Waals surface area contributed by atoms with Gasteiger partial charge < -0.3 is 10.6 Å². The molecule has 2 saturated heterocycles. The van der Waals surface area contributed by atoms with Crippen LogP contribution in [0.25, 0.3) is 0 Å². The predicted molar refractivity (Wildman–Crippen MR) is 145 cm³/mol. The van der Waals surface area contributed by atoms with Crippen molar-refractivity contribution in [3.8, 4) is 0 Å². The van der Waals surface area contributed by atoms with Gasteiger partial charge in [0.2, 0.25) is 0 Å². The first kappa shape index (κ1) is 25.5. The number of nitrogens with zero attached hydrogens (tertiary/aromatic N) is 4. The molecule has 0 bridgehead atoms. The van der Waals surface area contributed by atoms with Crippen molar-refractivity contribution in [1.29, 1.82) is 0 Å². The number of hydrogen-bond donors (Lipinski definition) is 1. The molecule has 0 aliphatic carbocycles. The summed E-state index contributed by atoms with van der Waals surface area (Å²) in [6.07, 6.45) is 3.31. The molecule has 2 heterocycles. The molecule has 184 valence electrons. The Bertz CT molecular complexity index is 1050. The van der Waals surface area contributed by atoms with Gasteiger partial charge in [0.1, 0.15) is 5.69 Å². The van der Waals surface area contributed by atoms with Crippen molar-refractivity contribution >= 4 is 54.8 Å². The number of nitro groups is 1. The summed E-state index contributed by atoms with van der Waals surface area (Å²) >= 11 is 12.5. The Hall–Kier alpha value is -1.63. The fraction of sp³-hybridized carbons (Fsp3) is 0.500. The van der Waals surface area contributed by atoms with E-state index >= 15 is 0 Å². The average molecular weight is 524 g/mol. The van der Waals surface area contributed by atoms with Crippen LogP contribution in [0.3, 0.4) is 0 Å². The molecule has 2 aromatic carbocycles. The van der Waals surface area contributed by atoms with Crippen LogP contribution in [-0.2, 0) is 6.54 Å². The molecule has 0 aromatic heterocycles. The molecule has 2 aliphatic heterocycles. The lowest BCUT2D eigenvalue weighted by Gasteiger charge is -2.48. The molecule has 34 heavy (non-hydrogen) atoms. The maximum absolute atomic E-state index is 11.4. The Labute approximate surface area is 213 Å². The highest BCUT2D eigenvalue weighted by atomic mass is 35.5. The molecule has 2 fully saturated rings. The largest absolute Gasteiger partial charge is 0.393 e. The van der Waals surface area contributed by atoms with E-state index in [4.69, 9.17) is 28.9 Å². The molecule has 2 aromatic rings. The summed E-state index contributed by atoms with van der Waals surface area (Å²) in [4.78, 5) is 18.3. The Morgan fingerprint density at radius 2 is 1.88 bits per heavy atom. The number of hydrogen-bond acceptors (Lipinski definition) is 6. The van der Waals surface area contributed by atoms with Crippen molar-refractivity contribution < 1.29 is 4.92 Å². The van der Waals surface area contributed by atoms with Gasteiger partial charge >= 0.3 is 0 Å². The highest BCUT2D eigenvalue weighted by Gasteiger charge is 2.34. The number of benzene rings is 2. The van der Waals surface area contributed by atoms with Crippen molar-refractivity contribution in [3.05, 3.63) is 56.1 Å². The number of piperidine rings is 1. The second-order valence-corrected chi connectivity index (χ2v) is 10.7. The maximum Gasteiger partial charge on any atom is 0.294 e. The van der Waals surface area contributed by atoms with Crippen LogP contribution in [0.1, 0.15) is 31.7 Å². The van der Waals surface area contributed by atoms with E-state index in [2.05, 4.69) is 36.9 Å². The molecule has 0 radical (unpaired) electrons. The summed E-state index contributed by atoms with van der Waals surface area (Å²) in [5.74, 6) is 0. The van der Waals surface area contributed by atoms with E-state index in [-0.39, 0.29) is 11.4 Å². The van der Waals surface area contributed by atoms with Crippen molar-refractivity contribution in [2.24, 2.45) is 0 Å². The Morgan fingerprint density at radius 3 is 2.53 bits per heavy atom. The normalized spacial score (nSPS) is 20.6. The van der Waals surface area contributed by atoms with Crippen LogP contribution in [0, 0.1) is 10.1 Å². The highest BCUT2D eigenvalue weighted by molar-refractivity contribution is 7.27. The number of rotatable bonds is 6. The fourth-order valence-corrected chi connectivity index (χ4v) is 6.20. The Morgan fingerprint density at radius 1 is 1.15 bits per heavy atom. The smallest absolute Gasteiger partial charge is 0.294 e. The number of nitrogens with two attached hydrogens (primary N) is 1. The SMILES string of the molecule is CCC1CN(c2cc([N+](=O)[O-])c(N)cc2Cl)CCN1C1CCN(Cc2ccc(Cl)cc2P)CC1. The molecule has 2 aliphatic rings. The Balaban J connectivity index is 1.38. The quantitative estimate of drug-likeness (QED) is 0.259. The summed E-state index contributed by atoms with van der Waals surface area (Å²) in [5.41, 5.74) is 7.83. The summed E-state index contributed by atoms with van der Waals surface area (Å²) in [6.45, 7) is 7.82. The zero-order chi connectivity index (χ0) is 24.4. The van der Waals surface area contributed by atoms with Gasteiger partial charge in [-0.2, -0.15) is 0 Å². The summed E-state index contributed by atoms with van der Waals surface area (Å²) < 4.78 is 0. The molecule has 0 spiro atoms. The van der Waals surface area contributed by atoms with Crippen LogP contribution in [0.2, 0.25) is 10.0 Å². The number of anilines is 2. The van der Waals surface area contributed by atoms with Gasteiger partial charge in [-0.05, 0) is 61.4 Å². The summed E-state index contributed by atoms with van der Waals surface area (Å²) in [6, 6.07) is 10.0. The number of piperazine rings is 1. The topological polar surface area (TPSA) is 78.9 Å². The number of nitro benzene ring substituents is 1. The monoisotopic (exact) mass is 523 g/mol. The third kappa shape index (κ3) is 5.60. The lowest BCUT2D eigenvalue weighted by atomic mass is 9.97. The van der Waals surface area contributed by atoms with Gasteiger partial charge in [-0.25, -0.2) is 0 Å². The molecule has 2 N–H and O–H groups in total. The third-order valence-electron chi connectivity index (χ3n) is 7.16. The van der Waals surface area contributed by atoms with E-state index in [0.717, 1.165) is 63.6 Å². The van der Waals surface area contributed by atoms with Crippen LogP contribution in [-0.4, -0.2) is 59.5 Å². The van der Waals surface area contributed by atoms with Crippen molar-refractivity contribution in [2.45, 2.75) is 44.8 Å². The minimum absolute atomic E-state index is 0.0865. The lowest BCUT2D eigenvalue weighted by molar-refractivity contribution is -0.383. The van der Waals surface area contributed by atoms with E-state index in [1.54, 1.807) is 0 Å². The first-order chi connectivity index (χ1) is 16.3. The van der Waals surface area contributed by atoms with Crippen LogP contribution in [0.15, 0.2) is 30.3 Å². The fourth-order valence-electron chi connectivity index (χ4n) is 5.26. The summed E-state index contributed by atoms with van der Waals surface area (Å²) in [5, 5.41) is 13.8. The van der Waals surface area contributed by atoms with Crippen LogP contribution in [0.5, 0.6) is 0 Å². The van der Waals surface area contributed by atoms with Crippen LogP contribution < -0.4 is 15.9 Å². The number of halogens is 2. The van der Waals surface area contributed by atoms with Gasteiger partial charge in [0.25, 0.3) is 5.69 Å². The highest BCUT2D eigenvalue weighted by Crippen LogP contribution is 2.36. The second-order valence-electron chi connectivity index (χ2n) is 9.22. The lowest BCUT2D eigenvalue weighted by Crippen LogP contribution is -2.58. The second kappa shape index (κ2) is 11.0. The van der Waals surface area contributed by atoms with Gasteiger partial charge in [0, 0.05) is 49.4 Å². The molecule has 2 unspecified atom stereocenters. The first-order valence-electron chi connectivity index (χ1n) is 11.8. The van der Waals surface area contributed by atoms with E-state index in [1.165, 1.54) is 23.0 Å². The zero-order valence-corrected chi connectivity index (χ0v) is 22.1. The molecule has 7 nitrogen and oxygen atoms in total. The van der Waals surface area contributed by atoms with Gasteiger partial charge in [0.05, 0.1) is 15.6 Å². The number of nitrogen functional groups attached to an aromatic ring is 1. The van der Waals surface area contributed by atoms with E-state index < -0.39 is 4.92 Å². The number of likely N-dealkylation sites (tertiary alicyclic amines) is 1. The standard InChI is InChI=1S/C24H32Cl2N5O2P/c1-2-18-15-29(22-13-23(31(32)33)21(27)12-20(22)26)9-10-30(18)19-5-7-28(8-6-19)14-16-3-4-17(25)11-24(16)34/h3-4,11-13,18-19H,2,5-10,14-15,27,34H2,1H3. The van der Waals surface area contributed by atoms with Gasteiger partial charge in [-0.15, -0.1) is 9.24 Å². The van der Waals surface area contributed by atoms with Crippen molar-refractivity contribution in [1.82, 2.24) is 9.80 Å². The molecular formula is C24H32Cl2N5O2P. The van der Waals surface area contributed by atoms with Crippen LogP contribution >= 0.6 is 32.4 Å². The predicted octanol–water partition coefficient (Wildman–Crippen LogP) is 4.55. The molecule has 0 saturated carbocycles. The zero-order valence-electron chi connectivity index (χ0n) is 19.4. The minimum atomic E-state index is -0.444. The molecule has 10 heteroatoms. The molecule has 4 rings (SSSR count). The van der Waals surface area contributed by atoms with Crippen LogP contribution in [0.4, 0.5) is 17.1 Å². The first-order valence-corrected chi connectivity index (χ1v) is 13.1. The minimum Gasteiger partial charge on any atom is -0.393 e. The summed E-state index contributed by atoms with van der Waals surface area (Å²) in [7, 11) is 2.80. The third-order valence-corrected chi connectivity index (χ3v) is 8.24. The van der Waals surface area contributed by atoms with Crippen molar-refractivity contribution in [3.63, 3.8) is 0 Å². The molecule has 0 amide bonds. The average Bonchev–Trinajstić information content (AvgIpc) is 2.81.